The maximum absolute atomic E-state index is 12.0. The molecular weight excluding hydrogens is 356 g/mol. The number of hydrogen-bond donors (Lipinski definition) is 3. The minimum absolute atomic E-state index is 0.0149. The van der Waals surface area contributed by atoms with Crippen LogP contribution >= 0.6 is 11.6 Å². The first-order chi connectivity index (χ1) is 12.0. The number of rotatable bonds is 7. The summed E-state index contributed by atoms with van der Waals surface area (Å²) < 4.78 is 0. The number of benzene rings is 1. The highest BCUT2D eigenvalue weighted by Crippen LogP contribution is 2.22. The van der Waals surface area contributed by atoms with Crippen molar-refractivity contribution in [1.82, 2.24) is 15.5 Å². The number of hydrogen-bond acceptors (Lipinski definition) is 4. The van der Waals surface area contributed by atoms with Crippen LogP contribution < -0.4 is 16.0 Å². The van der Waals surface area contributed by atoms with Crippen LogP contribution in [0.1, 0.15) is 26.3 Å². The maximum Gasteiger partial charge on any atom is 0.243 e. The second-order valence-electron chi connectivity index (χ2n) is 7.21. The Labute approximate surface area is 159 Å². The summed E-state index contributed by atoms with van der Waals surface area (Å²) in [5.41, 5.74) is 1.04. The van der Waals surface area contributed by atoms with E-state index in [-0.39, 0.29) is 42.9 Å². The topological polar surface area (TPSA) is 90.5 Å². The van der Waals surface area contributed by atoms with Gasteiger partial charge in [0.25, 0.3) is 0 Å². The van der Waals surface area contributed by atoms with Crippen LogP contribution in [0.2, 0.25) is 5.02 Å². The largest absolute Gasteiger partial charge is 0.350 e. The number of carbonyl (C=O) groups excluding carboxylic acids is 3. The van der Waals surface area contributed by atoms with E-state index >= 15 is 0 Å². The summed E-state index contributed by atoms with van der Waals surface area (Å²) >= 11 is 6.00. The highest BCUT2D eigenvalue weighted by Gasteiger charge is 2.16. The molecule has 144 valence electrons. The molecule has 0 aliphatic rings. The number of anilines is 1. The van der Waals surface area contributed by atoms with Gasteiger partial charge >= 0.3 is 0 Å². The normalized spacial score (nSPS) is 11.2. The predicted molar refractivity (Wildman–Crippen MR) is 103 cm³/mol. The molecule has 8 heteroatoms. The number of nitrogens with zero attached hydrogens (tertiary/aromatic N) is 1. The van der Waals surface area contributed by atoms with E-state index in [1.165, 1.54) is 0 Å². The second kappa shape index (κ2) is 9.54. The van der Waals surface area contributed by atoms with Crippen molar-refractivity contribution in [3.63, 3.8) is 0 Å². The molecule has 1 rings (SSSR count). The Morgan fingerprint density at radius 1 is 1.08 bits per heavy atom. The van der Waals surface area contributed by atoms with Crippen LogP contribution in [0.5, 0.6) is 0 Å². The standard InChI is InChI=1S/C18H27ClN4O3/c1-12-13(19)7-6-8-14(12)21-15(24)9-20-16(25)10-23(5)11-17(26)22-18(2,3)4/h6-8H,9-11H2,1-5H3,(H,20,25)(H,21,24)(H,22,26). The first-order valence-corrected chi connectivity index (χ1v) is 8.67. The van der Waals surface area contributed by atoms with E-state index in [0.29, 0.717) is 10.7 Å². The van der Waals surface area contributed by atoms with Crippen molar-refractivity contribution in [2.75, 3.05) is 32.0 Å². The van der Waals surface area contributed by atoms with Gasteiger partial charge in [0.15, 0.2) is 0 Å². The smallest absolute Gasteiger partial charge is 0.243 e. The quantitative estimate of drug-likeness (QED) is 0.667. The van der Waals surface area contributed by atoms with Gasteiger partial charge in [0.2, 0.25) is 17.7 Å². The zero-order valence-electron chi connectivity index (χ0n) is 15.9. The predicted octanol–water partition coefficient (Wildman–Crippen LogP) is 1.55. The van der Waals surface area contributed by atoms with Gasteiger partial charge in [-0.25, -0.2) is 0 Å². The van der Waals surface area contributed by atoms with E-state index < -0.39 is 0 Å². The Bertz CT molecular complexity index is 671. The zero-order valence-corrected chi connectivity index (χ0v) is 16.7. The van der Waals surface area contributed by atoms with Gasteiger partial charge in [-0.05, 0) is 52.4 Å². The molecule has 0 atom stereocenters. The number of likely N-dealkylation sites (N-methyl/N-ethyl adjacent to an activating group) is 1. The fraction of sp³-hybridized carbons (Fsp3) is 0.500. The van der Waals surface area contributed by atoms with Crippen LogP contribution in [-0.4, -0.2) is 54.8 Å². The number of carbonyl (C=O) groups is 3. The molecule has 0 saturated heterocycles. The molecule has 1 aromatic carbocycles. The Morgan fingerprint density at radius 3 is 2.31 bits per heavy atom. The highest BCUT2D eigenvalue weighted by atomic mass is 35.5. The van der Waals surface area contributed by atoms with E-state index in [1.807, 2.05) is 20.8 Å². The third-order valence-corrected chi connectivity index (χ3v) is 3.74. The van der Waals surface area contributed by atoms with Crippen molar-refractivity contribution in [2.24, 2.45) is 0 Å². The molecule has 26 heavy (non-hydrogen) atoms. The van der Waals surface area contributed by atoms with E-state index in [9.17, 15) is 14.4 Å². The molecule has 0 spiro atoms. The van der Waals surface area contributed by atoms with E-state index in [4.69, 9.17) is 11.6 Å². The second-order valence-corrected chi connectivity index (χ2v) is 7.61. The average Bonchev–Trinajstić information content (AvgIpc) is 2.47. The van der Waals surface area contributed by atoms with Crippen molar-refractivity contribution in [3.8, 4) is 0 Å². The molecule has 0 saturated carbocycles. The van der Waals surface area contributed by atoms with Crippen molar-refractivity contribution < 1.29 is 14.4 Å². The highest BCUT2D eigenvalue weighted by molar-refractivity contribution is 6.31. The Hall–Kier alpha value is -2.12. The van der Waals surface area contributed by atoms with Gasteiger partial charge in [-0.3, -0.25) is 19.3 Å². The molecule has 0 bridgehead atoms. The van der Waals surface area contributed by atoms with Crippen LogP contribution in [0.3, 0.4) is 0 Å². The van der Waals surface area contributed by atoms with Crippen molar-refractivity contribution in [2.45, 2.75) is 33.2 Å². The molecule has 0 heterocycles. The van der Waals surface area contributed by atoms with E-state index in [2.05, 4.69) is 16.0 Å². The van der Waals surface area contributed by atoms with Gasteiger partial charge in [0.1, 0.15) is 0 Å². The lowest BCUT2D eigenvalue weighted by Crippen LogP contribution is -2.47. The van der Waals surface area contributed by atoms with Crippen LogP contribution in [0.25, 0.3) is 0 Å². The fourth-order valence-corrected chi connectivity index (χ4v) is 2.35. The third-order valence-electron chi connectivity index (χ3n) is 3.33. The first kappa shape index (κ1) is 21.9. The molecule has 0 radical (unpaired) electrons. The summed E-state index contributed by atoms with van der Waals surface area (Å²) in [5, 5.41) is 8.61. The van der Waals surface area contributed by atoms with Gasteiger partial charge < -0.3 is 16.0 Å². The summed E-state index contributed by atoms with van der Waals surface area (Å²) in [4.78, 5) is 37.3. The summed E-state index contributed by atoms with van der Waals surface area (Å²) in [7, 11) is 1.66. The van der Waals surface area contributed by atoms with Gasteiger partial charge in [-0.1, -0.05) is 17.7 Å². The molecule has 0 fully saturated rings. The Balaban J connectivity index is 2.38. The average molecular weight is 383 g/mol. The van der Waals surface area contributed by atoms with E-state index in [1.54, 1.807) is 37.1 Å². The lowest BCUT2D eigenvalue weighted by Gasteiger charge is -2.23. The monoisotopic (exact) mass is 382 g/mol. The summed E-state index contributed by atoms with van der Waals surface area (Å²) in [6.07, 6.45) is 0. The summed E-state index contributed by atoms with van der Waals surface area (Å²) in [6.45, 7) is 7.41. The number of halogens is 1. The first-order valence-electron chi connectivity index (χ1n) is 8.29. The summed E-state index contributed by atoms with van der Waals surface area (Å²) in [5.74, 6) is -0.854. The molecule has 0 unspecified atom stereocenters. The molecule has 3 N–H and O–H groups in total. The Morgan fingerprint density at radius 2 is 1.69 bits per heavy atom. The molecule has 0 aliphatic carbocycles. The lowest BCUT2D eigenvalue weighted by atomic mass is 10.1. The summed E-state index contributed by atoms with van der Waals surface area (Å²) in [6, 6.07) is 5.21. The molecule has 1 aromatic rings. The van der Waals surface area contributed by atoms with Crippen LogP contribution in [0, 0.1) is 6.92 Å². The third kappa shape index (κ3) is 8.31. The van der Waals surface area contributed by atoms with Crippen LogP contribution in [0.15, 0.2) is 18.2 Å². The minimum Gasteiger partial charge on any atom is -0.350 e. The molecule has 7 nitrogen and oxygen atoms in total. The Kier molecular flexibility index (Phi) is 8.05. The van der Waals surface area contributed by atoms with Gasteiger partial charge in [0, 0.05) is 16.2 Å². The zero-order chi connectivity index (χ0) is 19.9. The van der Waals surface area contributed by atoms with Crippen LogP contribution in [-0.2, 0) is 14.4 Å². The van der Waals surface area contributed by atoms with E-state index in [0.717, 1.165) is 5.56 Å². The van der Waals surface area contributed by atoms with Crippen molar-refractivity contribution in [3.05, 3.63) is 28.8 Å². The van der Waals surface area contributed by atoms with Gasteiger partial charge in [0.05, 0.1) is 19.6 Å². The SMILES string of the molecule is Cc1c(Cl)cccc1NC(=O)CNC(=O)CN(C)CC(=O)NC(C)(C)C. The minimum atomic E-state index is -0.350. The number of amides is 3. The van der Waals surface area contributed by atoms with Gasteiger partial charge in [-0.15, -0.1) is 0 Å². The molecular formula is C18H27ClN4O3. The number of nitrogens with one attached hydrogen (secondary N) is 3. The molecule has 0 aromatic heterocycles. The van der Waals surface area contributed by atoms with Crippen molar-refractivity contribution in [1.29, 1.82) is 0 Å². The van der Waals surface area contributed by atoms with Gasteiger partial charge in [-0.2, -0.15) is 0 Å². The maximum atomic E-state index is 12.0. The lowest BCUT2D eigenvalue weighted by molar-refractivity contribution is -0.126. The fourth-order valence-electron chi connectivity index (χ4n) is 2.18. The molecule has 0 aliphatic heterocycles. The van der Waals surface area contributed by atoms with Crippen LogP contribution in [0.4, 0.5) is 5.69 Å². The molecule has 3 amide bonds. The van der Waals surface area contributed by atoms with Crippen molar-refractivity contribution >= 4 is 35.0 Å².